The summed E-state index contributed by atoms with van der Waals surface area (Å²) in [6.45, 7) is 5.74. The van der Waals surface area contributed by atoms with E-state index in [1.165, 1.54) is 6.08 Å². The molecule has 1 atom stereocenters. The van der Waals surface area contributed by atoms with Gasteiger partial charge in [0.25, 0.3) is 11.8 Å². The van der Waals surface area contributed by atoms with Gasteiger partial charge in [0.05, 0.1) is 0 Å². The predicted molar refractivity (Wildman–Crippen MR) is 64.3 cm³/mol. The van der Waals surface area contributed by atoms with Crippen LogP contribution in [0.15, 0.2) is 11.6 Å². The summed E-state index contributed by atoms with van der Waals surface area (Å²) in [6, 6.07) is 0. The highest BCUT2D eigenvalue weighted by Crippen LogP contribution is 2.11. The second kappa shape index (κ2) is 6.30. The van der Waals surface area contributed by atoms with Crippen LogP contribution in [-0.2, 0) is 19.1 Å². The standard InChI is InChI=1S/C12H18N2O4/c1-4-18-9(3)13-10(15)5-6-14-11(16)7-8(2)12(14)17/h7,9H,4-6H2,1-3H3,(H,13,15). The number of carbonyl (C=O) groups is 3. The number of amides is 3. The summed E-state index contributed by atoms with van der Waals surface area (Å²) in [5.41, 5.74) is 0.406. The summed E-state index contributed by atoms with van der Waals surface area (Å²) in [4.78, 5) is 35.5. The van der Waals surface area contributed by atoms with E-state index in [9.17, 15) is 14.4 Å². The lowest BCUT2D eigenvalue weighted by Crippen LogP contribution is -2.38. The second-order valence-electron chi connectivity index (χ2n) is 4.04. The Morgan fingerprint density at radius 2 is 2.17 bits per heavy atom. The monoisotopic (exact) mass is 254 g/mol. The normalized spacial score (nSPS) is 16.8. The summed E-state index contributed by atoms with van der Waals surface area (Å²) in [6.07, 6.45) is 0.992. The van der Waals surface area contributed by atoms with Crippen molar-refractivity contribution in [2.75, 3.05) is 13.2 Å². The minimum absolute atomic E-state index is 0.0794. The van der Waals surface area contributed by atoms with Crippen LogP contribution < -0.4 is 5.32 Å². The van der Waals surface area contributed by atoms with Crippen LogP contribution in [0.5, 0.6) is 0 Å². The molecular weight excluding hydrogens is 236 g/mol. The van der Waals surface area contributed by atoms with E-state index in [4.69, 9.17) is 4.74 Å². The number of nitrogens with zero attached hydrogens (tertiary/aromatic N) is 1. The maximum absolute atomic E-state index is 11.5. The van der Waals surface area contributed by atoms with Crippen molar-refractivity contribution in [3.05, 3.63) is 11.6 Å². The minimum atomic E-state index is -0.368. The van der Waals surface area contributed by atoms with E-state index >= 15 is 0 Å². The number of carbonyl (C=O) groups excluding carboxylic acids is 3. The molecule has 1 aliphatic heterocycles. The Labute approximate surface area is 106 Å². The van der Waals surface area contributed by atoms with Crippen molar-refractivity contribution >= 4 is 17.7 Å². The lowest BCUT2D eigenvalue weighted by molar-refractivity contribution is -0.137. The maximum atomic E-state index is 11.5. The van der Waals surface area contributed by atoms with Gasteiger partial charge in [-0.25, -0.2) is 0 Å². The SMILES string of the molecule is CCOC(C)NC(=O)CCN1C(=O)C=C(C)C1=O. The fourth-order valence-corrected chi connectivity index (χ4v) is 1.65. The van der Waals surface area contributed by atoms with E-state index in [0.717, 1.165) is 4.90 Å². The Hall–Kier alpha value is -1.69. The van der Waals surface area contributed by atoms with E-state index in [1.807, 2.05) is 6.92 Å². The first kappa shape index (κ1) is 14.4. The molecule has 0 saturated heterocycles. The number of ether oxygens (including phenoxy) is 1. The summed E-state index contributed by atoms with van der Waals surface area (Å²) in [7, 11) is 0. The third-order valence-electron chi connectivity index (χ3n) is 2.53. The Balaban J connectivity index is 2.36. The quantitative estimate of drug-likeness (QED) is 0.542. The highest BCUT2D eigenvalue weighted by atomic mass is 16.5. The van der Waals surface area contributed by atoms with E-state index in [2.05, 4.69) is 5.32 Å². The third kappa shape index (κ3) is 3.66. The molecule has 0 aromatic heterocycles. The molecule has 0 saturated carbocycles. The van der Waals surface area contributed by atoms with Gasteiger partial charge in [0.2, 0.25) is 5.91 Å². The summed E-state index contributed by atoms with van der Waals surface area (Å²) in [5.74, 6) is -0.935. The molecule has 0 aliphatic carbocycles. The van der Waals surface area contributed by atoms with Crippen LogP contribution in [0.4, 0.5) is 0 Å². The van der Waals surface area contributed by atoms with Crippen molar-refractivity contribution in [3.8, 4) is 0 Å². The van der Waals surface area contributed by atoms with Crippen molar-refractivity contribution in [2.45, 2.75) is 33.4 Å². The Bertz CT molecular complexity index is 390. The fraction of sp³-hybridized carbons (Fsp3) is 0.583. The van der Waals surface area contributed by atoms with Crippen LogP contribution in [0.3, 0.4) is 0 Å². The Morgan fingerprint density at radius 3 is 2.67 bits per heavy atom. The summed E-state index contributed by atoms with van der Waals surface area (Å²) in [5, 5.41) is 2.62. The lowest BCUT2D eigenvalue weighted by Gasteiger charge is -2.16. The van der Waals surface area contributed by atoms with E-state index in [1.54, 1.807) is 13.8 Å². The van der Waals surface area contributed by atoms with E-state index in [-0.39, 0.29) is 36.9 Å². The predicted octanol–water partition coefficient (Wildman–Crippen LogP) is 0.190. The molecule has 0 aromatic rings. The van der Waals surface area contributed by atoms with Crippen molar-refractivity contribution in [2.24, 2.45) is 0 Å². The molecule has 1 heterocycles. The molecular formula is C12H18N2O4. The molecule has 1 aliphatic rings. The van der Waals surface area contributed by atoms with Crippen molar-refractivity contribution in [1.29, 1.82) is 0 Å². The third-order valence-corrected chi connectivity index (χ3v) is 2.53. The molecule has 6 nitrogen and oxygen atoms in total. The topological polar surface area (TPSA) is 75.7 Å². The zero-order chi connectivity index (χ0) is 13.7. The Kier molecular flexibility index (Phi) is 5.03. The lowest BCUT2D eigenvalue weighted by atomic mass is 10.3. The van der Waals surface area contributed by atoms with Gasteiger partial charge in [-0.05, 0) is 20.8 Å². The molecule has 6 heteroatoms. The van der Waals surface area contributed by atoms with Gasteiger partial charge in [-0.3, -0.25) is 19.3 Å². The number of rotatable bonds is 6. The van der Waals surface area contributed by atoms with Gasteiger partial charge in [-0.15, -0.1) is 0 Å². The first-order valence-corrected chi connectivity index (χ1v) is 5.90. The number of nitrogens with one attached hydrogen (secondary N) is 1. The molecule has 0 fully saturated rings. The van der Waals surface area contributed by atoms with Crippen LogP contribution in [0, 0.1) is 0 Å². The summed E-state index contributed by atoms with van der Waals surface area (Å²) >= 11 is 0. The molecule has 0 radical (unpaired) electrons. The maximum Gasteiger partial charge on any atom is 0.256 e. The number of hydrogen-bond acceptors (Lipinski definition) is 4. The van der Waals surface area contributed by atoms with Gasteiger partial charge in [-0.2, -0.15) is 0 Å². The molecule has 0 bridgehead atoms. The van der Waals surface area contributed by atoms with Crippen molar-refractivity contribution in [1.82, 2.24) is 10.2 Å². The molecule has 1 rings (SSSR count). The molecule has 0 aromatic carbocycles. The zero-order valence-corrected chi connectivity index (χ0v) is 10.9. The minimum Gasteiger partial charge on any atom is -0.359 e. The molecule has 1 unspecified atom stereocenters. The van der Waals surface area contributed by atoms with Crippen molar-refractivity contribution < 1.29 is 19.1 Å². The van der Waals surface area contributed by atoms with Gasteiger partial charge in [0.15, 0.2) is 0 Å². The van der Waals surface area contributed by atoms with Gasteiger partial charge < -0.3 is 10.1 Å². The van der Waals surface area contributed by atoms with Crippen LogP contribution >= 0.6 is 0 Å². The number of imide groups is 1. The summed E-state index contributed by atoms with van der Waals surface area (Å²) < 4.78 is 5.15. The van der Waals surface area contributed by atoms with E-state index in [0.29, 0.717) is 12.2 Å². The smallest absolute Gasteiger partial charge is 0.256 e. The second-order valence-corrected chi connectivity index (χ2v) is 4.04. The average molecular weight is 254 g/mol. The average Bonchev–Trinajstić information content (AvgIpc) is 2.51. The molecule has 1 N–H and O–H groups in total. The van der Waals surface area contributed by atoms with Gasteiger partial charge in [0, 0.05) is 31.2 Å². The molecule has 0 spiro atoms. The largest absolute Gasteiger partial charge is 0.359 e. The van der Waals surface area contributed by atoms with Gasteiger partial charge in [0.1, 0.15) is 6.23 Å². The molecule has 100 valence electrons. The zero-order valence-electron chi connectivity index (χ0n) is 10.9. The highest BCUT2D eigenvalue weighted by Gasteiger charge is 2.28. The highest BCUT2D eigenvalue weighted by molar-refractivity contribution is 6.15. The van der Waals surface area contributed by atoms with Gasteiger partial charge in [-0.1, -0.05) is 0 Å². The van der Waals surface area contributed by atoms with Crippen LogP contribution in [0.1, 0.15) is 27.2 Å². The Morgan fingerprint density at radius 1 is 1.50 bits per heavy atom. The van der Waals surface area contributed by atoms with Crippen LogP contribution in [-0.4, -0.2) is 42.0 Å². The van der Waals surface area contributed by atoms with Crippen LogP contribution in [0.25, 0.3) is 0 Å². The molecule has 3 amide bonds. The van der Waals surface area contributed by atoms with Crippen LogP contribution in [0.2, 0.25) is 0 Å². The molecule has 18 heavy (non-hydrogen) atoms. The van der Waals surface area contributed by atoms with Gasteiger partial charge >= 0.3 is 0 Å². The van der Waals surface area contributed by atoms with Crippen molar-refractivity contribution in [3.63, 3.8) is 0 Å². The first-order chi connectivity index (χ1) is 8.45. The van der Waals surface area contributed by atoms with E-state index < -0.39 is 0 Å². The number of hydrogen-bond donors (Lipinski definition) is 1. The first-order valence-electron chi connectivity index (χ1n) is 5.90. The fourth-order valence-electron chi connectivity index (χ4n) is 1.65.